The van der Waals surface area contributed by atoms with Crippen molar-refractivity contribution in [3.05, 3.63) is 29.3 Å². The summed E-state index contributed by atoms with van der Waals surface area (Å²) in [6, 6.07) is 3.10. The lowest BCUT2D eigenvalue weighted by molar-refractivity contribution is -0.137. The predicted octanol–water partition coefficient (Wildman–Crippen LogP) is 2.85. The summed E-state index contributed by atoms with van der Waals surface area (Å²) < 4.78 is 43.9. The molecule has 0 unspecified atom stereocenters. The first kappa shape index (κ1) is 19.5. The molecule has 0 radical (unpaired) electrons. The highest BCUT2D eigenvalue weighted by Crippen LogP contribution is 2.30. The zero-order chi connectivity index (χ0) is 17.3. The molecule has 0 fully saturated rings. The Bertz CT molecular complexity index is 527. The van der Waals surface area contributed by atoms with Crippen LogP contribution < -0.4 is 5.46 Å². The minimum Gasteiger partial charge on any atom is -0.423 e. The van der Waals surface area contributed by atoms with E-state index in [1.54, 1.807) is 13.8 Å². The van der Waals surface area contributed by atoms with Crippen molar-refractivity contribution in [2.24, 2.45) is 0 Å². The maximum Gasteiger partial charge on any atom is 0.491 e. The predicted molar refractivity (Wildman–Crippen MR) is 83.1 cm³/mol. The van der Waals surface area contributed by atoms with E-state index in [1.165, 1.54) is 19.9 Å². The van der Waals surface area contributed by atoms with E-state index in [1.807, 2.05) is 0 Å². The Kier molecular flexibility index (Phi) is 5.76. The quantitative estimate of drug-likeness (QED) is 0.608. The zero-order valence-electron chi connectivity index (χ0n) is 12.8. The van der Waals surface area contributed by atoms with Crippen molar-refractivity contribution in [3.63, 3.8) is 0 Å². The van der Waals surface area contributed by atoms with Crippen LogP contribution in [0.2, 0.25) is 0 Å². The molecular weight excluding hydrogens is 364 g/mol. The summed E-state index contributed by atoms with van der Waals surface area (Å²) in [5, 5.41) is 20.5. The summed E-state index contributed by atoms with van der Waals surface area (Å²) in [5.41, 5.74) is -2.82. The summed E-state index contributed by atoms with van der Waals surface area (Å²) in [4.78, 5) is 0. The maximum atomic E-state index is 12.8. The Labute approximate surface area is 136 Å². The number of alkyl halides is 4. The largest absolute Gasteiger partial charge is 0.491 e. The van der Waals surface area contributed by atoms with E-state index in [-0.39, 0.29) is 10.8 Å². The Hall–Kier alpha value is -0.565. The van der Waals surface area contributed by atoms with Crippen molar-refractivity contribution in [3.8, 4) is 0 Å². The van der Waals surface area contributed by atoms with E-state index < -0.39 is 30.1 Å². The number of halogens is 4. The highest BCUT2D eigenvalue weighted by molar-refractivity contribution is 9.08. The van der Waals surface area contributed by atoms with Crippen molar-refractivity contribution in [2.45, 2.75) is 50.4 Å². The maximum absolute atomic E-state index is 12.8. The molecule has 0 atom stereocenters. The highest BCUT2D eigenvalue weighted by atomic mass is 79.9. The van der Waals surface area contributed by atoms with Gasteiger partial charge in [-0.1, -0.05) is 22.0 Å². The molecule has 124 valence electrons. The second-order valence-electron chi connectivity index (χ2n) is 6.08. The summed E-state index contributed by atoms with van der Waals surface area (Å²) in [5.74, 6) is 0. The average Bonchev–Trinajstić information content (AvgIpc) is 2.34. The molecule has 0 saturated heterocycles. The smallest absolute Gasteiger partial charge is 0.423 e. The Morgan fingerprint density at radius 3 is 2.14 bits per heavy atom. The van der Waals surface area contributed by atoms with Crippen LogP contribution in [0, 0.1) is 0 Å². The molecular formula is C14H19BBrF3O3. The lowest BCUT2D eigenvalue weighted by atomic mass is 9.73. The lowest BCUT2D eigenvalue weighted by Crippen LogP contribution is -2.53. The van der Waals surface area contributed by atoms with Gasteiger partial charge >= 0.3 is 13.3 Å². The van der Waals surface area contributed by atoms with Crippen LogP contribution in [0.4, 0.5) is 13.2 Å². The molecule has 3 nitrogen and oxygen atoms in total. The minimum atomic E-state index is -4.51. The molecule has 1 aromatic carbocycles. The third kappa shape index (κ3) is 4.47. The van der Waals surface area contributed by atoms with Crippen LogP contribution in [-0.2, 0) is 16.2 Å². The van der Waals surface area contributed by atoms with Crippen LogP contribution in [0.3, 0.4) is 0 Å². The first-order chi connectivity index (χ1) is 9.79. The van der Waals surface area contributed by atoms with Crippen LogP contribution >= 0.6 is 15.9 Å². The molecule has 1 rings (SSSR count). The van der Waals surface area contributed by atoms with Gasteiger partial charge in [-0.2, -0.15) is 13.2 Å². The van der Waals surface area contributed by atoms with Crippen LogP contribution in [0.1, 0.15) is 38.8 Å². The fourth-order valence-corrected chi connectivity index (χ4v) is 2.12. The van der Waals surface area contributed by atoms with Crippen molar-refractivity contribution in [1.29, 1.82) is 0 Å². The fraction of sp³-hybridized carbons (Fsp3) is 0.571. The Balaban J connectivity index is 3.19. The van der Waals surface area contributed by atoms with E-state index in [0.29, 0.717) is 5.56 Å². The van der Waals surface area contributed by atoms with E-state index in [9.17, 15) is 23.3 Å². The molecule has 8 heteroatoms. The first-order valence-electron chi connectivity index (χ1n) is 6.64. The van der Waals surface area contributed by atoms with Crippen LogP contribution in [0.15, 0.2) is 18.2 Å². The summed E-state index contributed by atoms with van der Waals surface area (Å²) in [6.07, 6.45) is -4.51. The van der Waals surface area contributed by atoms with Gasteiger partial charge in [-0.15, -0.1) is 0 Å². The third-order valence-electron chi connectivity index (χ3n) is 3.76. The summed E-state index contributed by atoms with van der Waals surface area (Å²) in [6.45, 7) is 6.10. The third-order valence-corrected chi connectivity index (χ3v) is 4.37. The SMILES string of the molecule is CC(C)(O)C(C)(C)OB(O)c1cc(C(F)(F)F)ccc1CBr. The molecule has 0 heterocycles. The van der Waals surface area contributed by atoms with Crippen LogP contribution in [0.5, 0.6) is 0 Å². The number of rotatable bonds is 5. The molecule has 0 aromatic heterocycles. The zero-order valence-corrected chi connectivity index (χ0v) is 14.4. The van der Waals surface area contributed by atoms with Crippen molar-refractivity contribution in [2.75, 3.05) is 0 Å². The number of hydrogen-bond donors (Lipinski definition) is 2. The van der Waals surface area contributed by atoms with Gasteiger partial charge in [0.15, 0.2) is 0 Å². The highest BCUT2D eigenvalue weighted by Gasteiger charge is 2.40. The number of aliphatic hydroxyl groups is 1. The van der Waals surface area contributed by atoms with Gasteiger partial charge in [-0.3, -0.25) is 0 Å². The summed E-state index contributed by atoms with van der Waals surface area (Å²) in [7, 11) is -1.59. The van der Waals surface area contributed by atoms with Gasteiger partial charge in [0, 0.05) is 5.33 Å². The molecule has 0 amide bonds. The lowest BCUT2D eigenvalue weighted by Gasteiger charge is -2.38. The van der Waals surface area contributed by atoms with Gasteiger partial charge < -0.3 is 14.8 Å². The first-order valence-corrected chi connectivity index (χ1v) is 7.76. The molecule has 0 bridgehead atoms. The monoisotopic (exact) mass is 382 g/mol. The molecule has 0 spiro atoms. The topological polar surface area (TPSA) is 49.7 Å². The second-order valence-corrected chi connectivity index (χ2v) is 6.65. The molecule has 0 aliphatic heterocycles. The van der Waals surface area contributed by atoms with E-state index >= 15 is 0 Å². The van der Waals surface area contributed by atoms with E-state index in [4.69, 9.17) is 4.65 Å². The van der Waals surface area contributed by atoms with Gasteiger partial charge in [0.25, 0.3) is 0 Å². The molecule has 2 N–H and O–H groups in total. The van der Waals surface area contributed by atoms with Gasteiger partial charge in [0.1, 0.15) is 0 Å². The van der Waals surface area contributed by atoms with Crippen molar-refractivity contribution in [1.82, 2.24) is 0 Å². The Morgan fingerprint density at radius 1 is 1.18 bits per heavy atom. The van der Waals surface area contributed by atoms with Crippen LogP contribution in [-0.4, -0.2) is 28.5 Å². The molecule has 1 aromatic rings. The average molecular weight is 383 g/mol. The van der Waals surface area contributed by atoms with Gasteiger partial charge in [-0.05, 0) is 50.9 Å². The van der Waals surface area contributed by atoms with Crippen molar-refractivity contribution >= 4 is 28.5 Å². The Morgan fingerprint density at radius 2 is 1.73 bits per heavy atom. The van der Waals surface area contributed by atoms with Gasteiger partial charge in [-0.25, -0.2) is 0 Å². The minimum absolute atomic E-state index is 0.0176. The summed E-state index contributed by atoms with van der Waals surface area (Å²) >= 11 is 3.17. The fourth-order valence-electron chi connectivity index (χ4n) is 1.61. The van der Waals surface area contributed by atoms with Crippen molar-refractivity contribution < 1.29 is 28.0 Å². The molecule has 22 heavy (non-hydrogen) atoms. The van der Waals surface area contributed by atoms with Crippen LogP contribution in [0.25, 0.3) is 0 Å². The normalized spacial score (nSPS) is 13.4. The van der Waals surface area contributed by atoms with E-state index in [0.717, 1.165) is 12.1 Å². The molecule has 0 aliphatic carbocycles. The van der Waals surface area contributed by atoms with Gasteiger partial charge in [0.05, 0.1) is 16.8 Å². The molecule has 0 saturated carbocycles. The number of benzene rings is 1. The van der Waals surface area contributed by atoms with E-state index in [2.05, 4.69) is 15.9 Å². The second kappa shape index (κ2) is 6.51. The standard InChI is InChI=1S/C14H19BBrF3O3/c1-12(2,20)13(3,4)22-15(21)11-7-10(14(17,18)19)6-5-9(11)8-16/h5-7,20-21H,8H2,1-4H3. The molecule has 0 aliphatic rings. The number of hydrogen-bond acceptors (Lipinski definition) is 3. The van der Waals surface area contributed by atoms with Gasteiger partial charge in [0.2, 0.25) is 0 Å².